The van der Waals surface area contributed by atoms with Crippen LogP contribution >= 0.6 is 0 Å². The zero-order valence-electron chi connectivity index (χ0n) is 15.1. The molecule has 0 aromatic heterocycles. The molecule has 1 N–H and O–H groups in total. The van der Waals surface area contributed by atoms with Crippen LogP contribution in [-0.2, 0) is 18.0 Å². The maximum atomic E-state index is 12.3. The summed E-state index contributed by atoms with van der Waals surface area (Å²) in [6.45, 7) is 3.78. The number of hydrogen-bond acceptors (Lipinski definition) is 3. The lowest BCUT2D eigenvalue weighted by Crippen LogP contribution is -2.24. The van der Waals surface area contributed by atoms with E-state index >= 15 is 0 Å². The lowest BCUT2D eigenvalue weighted by Gasteiger charge is -2.12. The van der Waals surface area contributed by atoms with E-state index in [1.807, 2.05) is 42.5 Å². The van der Waals surface area contributed by atoms with Gasteiger partial charge in [-0.1, -0.05) is 50.1 Å². The normalized spacial score (nSPS) is 10.5. The first kappa shape index (κ1) is 19.0. The Labute approximate surface area is 150 Å². The molecule has 0 aliphatic carbocycles. The standard InChI is InChI=1S/C21H27NO3/c1-3-4-8-13-22-21(23)18-11-12-20(24-2)19(14-18)16-25-15-17-9-6-5-7-10-17/h5-7,9-12,14H,3-4,8,13,15-16H2,1-2H3,(H,22,23). The number of unbranched alkanes of at least 4 members (excludes halogenated alkanes) is 2. The molecule has 0 spiro atoms. The van der Waals surface area contributed by atoms with Crippen molar-refractivity contribution in [3.8, 4) is 5.75 Å². The van der Waals surface area contributed by atoms with Crippen molar-refractivity contribution >= 4 is 5.91 Å². The second kappa shape index (κ2) is 10.5. The molecule has 4 nitrogen and oxygen atoms in total. The molecule has 0 heterocycles. The zero-order valence-corrected chi connectivity index (χ0v) is 15.1. The third-order valence-electron chi connectivity index (χ3n) is 3.98. The van der Waals surface area contributed by atoms with Crippen molar-refractivity contribution in [2.45, 2.75) is 39.4 Å². The fourth-order valence-corrected chi connectivity index (χ4v) is 2.56. The van der Waals surface area contributed by atoms with Gasteiger partial charge in [0.2, 0.25) is 0 Å². The Balaban J connectivity index is 1.95. The summed E-state index contributed by atoms with van der Waals surface area (Å²) in [5.74, 6) is 0.679. The molecule has 25 heavy (non-hydrogen) atoms. The van der Waals surface area contributed by atoms with Crippen molar-refractivity contribution in [1.82, 2.24) is 5.32 Å². The van der Waals surface area contributed by atoms with Crippen molar-refractivity contribution in [3.05, 3.63) is 65.2 Å². The molecule has 0 aliphatic heterocycles. The molecule has 0 aliphatic rings. The number of benzene rings is 2. The van der Waals surface area contributed by atoms with Crippen LogP contribution in [-0.4, -0.2) is 19.6 Å². The monoisotopic (exact) mass is 341 g/mol. The van der Waals surface area contributed by atoms with E-state index in [4.69, 9.17) is 9.47 Å². The van der Waals surface area contributed by atoms with Crippen molar-refractivity contribution in [3.63, 3.8) is 0 Å². The Morgan fingerprint density at radius 2 is 1.84 bits per heavy atom. The summed E-state index contributed by atoms with van der Waals surface area (Å²) in [6.07, 6.45) is 3.27. The third-order valence-corrected chi connectivity index (χ3v) is 3.98. The molecule has 0 bridgehead atoms. The Bertz CT molecular complexity index is 655. The maximum absolute atomic E-state index is 12.3. The van der Waals surface area contributed by atoms with Crippen molar-refractivity contribution in [2.75, 3.05) is 13.7 Å². The first-order valence-corrected chi connectivity index (χ1v) is 8.81. The van der Waals surface area contributed by atoms with Crippen LogP contribution in [0.4, 0.5) is 0 Å². The van der Waals surface area contributed by atoms with Crippen molar-refractivity contribution in [2.24, 2.45) is 0 Å². The van der Waals surface area contributed by atoms with Gasteiger partial charge in [-0.2, -0.15) is 0 Å². The fourth-order valence-electron chi connectivity index (χ4n) is 2.56. The molecule has 134 valence electrons. The summed E-state index contributed by atoms with van der Waals surface area (Å²) in [5.41, 5.74) is 2.63. The molecule has 0 saturated carbocycles. The van der Waals surface area contributed by atoms with Gasteiger partial charge in [0.05, 0.1) is 20.3 Å². The van der Waals surface area contributed by atoms with Crippen LogP contribution in [0.2, 0.25) is 0 Å². The van der Waals surface area contributed by atoms with E-state index in [1.54, 1.807) is 13.2 Å². The number of ether oxygens (including phenoxy) is 2. The maximum Gasteiger partial charge on any atom is 0.251 e. The summed E-state index contributed by atoms with van der Waals surface area (Å²) in [4.78, 5) is 12.3. The second-order valence-corrected chi connectivity index (χ2v) is 5.97. The molecular formula is C21H27NO3. The predicted molar refractivity (Wildman–Crippen MR) is 99.8 cm³/mol. The first-order valence-electron chi connectivity index (χ1n) is 8.81. The topological polar surface area (TPSA) is 47.6 Å². The summed E-state index contributed by atoms with van der Waals surface area (Å²) < 4.78 is 11.2. The van der Waals surface area contributed by atoms with Gasteiger partial charge >= 0.3 is 0 Å². The van der Waals surface area contributed by atoms with Gasteiger partial charge in [-0.3, -0.25) is 4.79 Å². The van der Waals surface area contributed by atoms with Crippen LogP contribution in [0, 0.1) is 0 Å². The number of carbonyl (C=O) groups excluding carboxylic acids is 1. The Kier molecular flexibility index (Phi) is 7.99. The number of rotatable bonds is 10. The molecule has 2 aromatic carbocycles. The van der Waals surface area contributed by atoms with E-state index in [9.17, 15) is 4.79 Å². The van der Waals surface area contributed by atoms with E-state index in [2.05, 4.69) is 12.2 Å². The smallest absolute Gasteiger partial charge is 0.251 e. The summed E-state index contributed by atoms with van der Waals surface area (Å²) >= 11 is 0. The number of carbonyl (C=O) groups is 1. The zero-order chi connectivity index (χ0) is 17.9. The van der Waals surface area contributed by atoms with Crippen LogP contribution in [0.5, 0.6) is 5.75 Å². The van der Waals surface area contributed by atoms with E-state index in [1.165, 1.54) is 0 Å². The van der Waals surface area contributed by atoms with E-state index < -0.39 is 0 Å². The quantitative estimate of drug-likeness (QED) is 0.654. The van der Waals surface area contributed by atoms with Gasteiger partial charge < -0.3 is 14.8 Å². The van der Waals surface area contributed by atoms with Crippen molar-refractivity contribution in [1.29, 1.82) is 0 Å². The van der Waals surface area contributed by atoms with Crippen LogP contribution < -0.4 is 10.1 Å². The van der Waals surface area contributed by atoms with E-state index in [-0.39, 0.29) is 5.91 Å². The average Bonchev–Trinajstić information content (AvgIpc) is 2.66. The van der Waals surface area contributed by atoms with Gasteiger partial charge in [0.1, 0.15) is 5.75 Å². The lowest BCUT2D eigenvalue weighted by atomic mass is 10.1. The molecule has 0 unspecified atom stereocenters. The summed E-state index contributed by atoms with van der Waals surface area (Å²) in [5, 5.41) is 2.96. The SMILES string of the molecule is CCCCCNC(=O)c1ccc(OC)c(COCc2ccccc2)c1. The molecule has 1 amide bonds. The minimum Gasteiger partial charge on any atom is -0.496 e. The average molecular weight is 341 g/mol. The molecule has 0 fully saturated rings. The fraction of sp³-hybridized carbons (Fsp3) is 0.381. The van der Waals surface area contributed by atoms with E-state index in [0.29, 0.717) is 25.3 Å². The van der Waals surface area contributed by atoms with Crippen LogP contribution in [0.15, 0.2) is 48.5 Å². The molecule has 4 heteroatoms. The molecule has 0 atom stereocenters. The van der Waals surface area contributed by atoms with Gasteiger partial charge in [-0.05, 0) is 30.2 Å². The Hall–Kier alpha value is -2.33. The number of amides is 1. The molecular weight excluding hydrogens is 314 g/mol. The van der Waals surface area contributed by atoms with Gasteiger partial charge in [-0.25, -0.2) is 0 Å². The minimum absolute atomic E-state index is 0.0527. The van der Waals surface area contributed by atoms with Gasteiger partial charge in [0.25, 0.3) is 5.91 Å². The van der Waals surface area contributed by atoms with Gasteiger partial charge in [-0.15, -0.1) is 0 Å². The molecule has 0 radical (unpaired) electrons. The first-order chi connectivity index (χ1) is 12.2. The number of hydrogen-bond donors (Lipinski definition) is 1. The highest BCUT2D eigenvalue weighted by Gasteiger charge is 2.10. The van der Waals surface area contributed by atoms with Crippen LogP contribution in [0.1, 0.15) is 47.7 Å². The van der Waals surface area contributed by atoms with Gasteiger partial charge in [0.15, 0.2) is 0 Å². The highest BCUT2D eigenvalue weighted by atomic mass is 16.5. The Morgan fingerprint density at radius 3 is 2.56 bits per heavy atom. The highest BCUT2D eigenvalue weighted by Crippen LogP contribution is 2.21. The van der Waals surface area contributed by atoms with E-state index in [0.717, 1.165) is 36.1 Å². The largest absolute Gasteiger partial charge is 0.496 e. The van der Waals surface area contributed by atoms with Crippen LogP contribution in [0.25, 0.3) is 0 Å². The number of nitrogens with one attached hydrogen (secondary N) is 1. The summed E-state index contributed by atoms with van der Waals surface area (Å²) in [6, 6.07) is 15.5. The lowest BCUT2D eigenvalue weighted by molar-refractivity contribution is 0.0950. The van der Waals surface area contributed by atoms with Crippen molar-refractivity contribution < 1.29 is 14.3 Å². The number of methoxy groups -OCH3 is 1. The van der Waals surface area contributed by atoms with Crippen LogP contribution in [0.3, 0.4) is 0 Å². The predicted octanol–water partition coefficient (Wildman–Crippen LogP) is 4.33. The minimum atomic E-state index is -0.0527. The molecule has 2 aromatic rings. The Morgan fingerprint density at radius 1 is 1.04 bits per heavy atom. The third kappa shape index (κ3) is 6.24. The molecule has 2 rings (SSSR count). The molecule has 0 saturated heterocycles. The second-order valence-electron chi connectivity index (χ2n) is 5.97. The summed E-state index contributed by atoms with van der Waals surface area (Å²) in [7, 11) is 1.63. The highest BCUT2D eigenvalue weighted by molar-refractivity contribution is 5.94. The van der Waals surface area contributed by atoms with Gasteiger partial charge in [0, 0.05) is 17.7 Å².